The van der Waals surface area contributed by atoms with E-state index in [9.17, 15) is 9.59 Å². The van der Waals surface area contributed by atoms with Crippen molar-refractivity contribution in [2.45, 2.75) is 46.1 Å². The molecule has 1 heterocycles. The van der Waals surface area contributed by atoms with E-state index in [1.807, 2.05) is 37.6 Å². The Morgan fingerprint density at radius 2 is 1.67 bits per heavy atom. The summed E-state index contributed by atoms with van der Waals surface area (Å²) in [5.74, 6) is -0.351. The molecule has 0 atom stereocenters. The van der Waals surface area contributed by atoms with Gasteiger partial charge in [-0.3, -0.25) is 9.59 Å². The average Bonchev–Trinajstić information content (AvgIpc) is 3.31. The lowest BCUT2D eigenvalue weighted by Gasteiger charge is -2.09. The van der Waals surface area contributed by atoms with Gasteiger partial charge in [-0.1, -0.05) is 17.7 Å². The maximum Gasteiger partial charge on any atom is 0.276 e. The molecule has 1 aliphatic rings. The molecule has 6 heteroatoms. The summed E-state index contributed by atoms with van der Waals surface area (Å²) in [6.45, 7) is 5.88. The Morgan fingerprint density at radius 3 is 2.33 bits per heavy atom. The van der Waals surface area contributed by atoms with Gasteiger partial charge in [0.1, 0.15) is 0 Å². The molecule has 2 aromatic carbocycles. The average molecular weight is 402 g/mol. The maximum atomic E-state index is 13.0. The number of carbonyl (C=O) groups excluding carboxylic acids is 2. The molecule has 0 fully saturated rings. The first-order valence-corrected chi connectivity index (χ1v) is 10.3. The third-order valence-electron chi connectivity index (χ3n) is 5.25. The summed E-state index contributed by atoms with van der Waals surface area (Å²) in [6.07, 6.45) is 2.81. The van der Waals surface area contributed by atoms with E-state index in [2.05, 4.69) is 27.9 Å². The quantitative estimate of drug-likeness (QED) is 0.676. The number of amides is 2. The minimum Gasteiger partial charge on any atom is -0.350 e. The number of aromatic nitrogens is 2. The predicted molar refractivity (Wildman–Crippen MR) is 117 cm³/mol. The van der Waals surface area contributed by atoms with Crippen LogP contribution in [0.5, 0.6) is 0 Å². The van der Waals surface area contributed by atoms with Crippen molar-refractivity contribution >= 4 is 17.5 Å². The number of hydrogen-bond acceptors (Lipinski definition) is 3. The second kappa shape index (κ2) is 8.14. The van der Waals surface area contributed by atoms with Gasteiger partial charge in [0.05, 0.1) is 5.69 Å². The molecular weight excluding hydrogens is 376 g/mol. The van der Waals surface area contributed by atoms with Crippen molar-refractivity contribution in [3.63, 3.8) is 0 Å². The van der Waals surface area contributed by atoms with Crippen molar-refractivity contribution < 1.29 is 9.59 Å². The molecule has 0 saturated carbocycles. The molecule has 154 valence electrons. The van der Waals surface area contributed by atoms with Gasteiger partial charge >= 0.3 is 0 Å². The lowest BCUT2D eigenvalue weighted by molar-refractivity contribution is 0.0942. The van der Waals surface area contributed by atoms with Crippen molar-refractivity contribution in [3.05, 3.63) is 76.6 Å². The highest BCUT2D eigenvalue weighted by molar-refractivity contribution is 6.04. The van der Waals surface area contributed by atoms with Crippen molar-refractivity contribution in [1.29, 1.82) is 0 Å². The number of benzene rings is 2. The van der Waals surface area contributed by atoms with Gasteiger partial charge < -0.3 is 10.6 Å². The van der Waals surface area contributed by atoms with Gasteiger partial charge in [0, 0.05) is 28.6 Å². The van der Waals surface area contributed by atoms with Crippen LogP contribution in [0.2, 0.25) is 0 Å². The maximum absolute atomic E-state index is 13.0. The zero-order valence-corrected chi connectivity index (χ0v) is 17.5. The second-order valence-electron chi connectivity index (χ2n) is 8.03. The smallest absolute Gasteiger partial charge is 0.276 e. The number of anilines is 1. The Labute approximate surface area is 176 Å². The first-order valence-electron chi connectivity index (χ1n) is 10.3. The molecule has 3 aromatic rings. The summed E-state index contributed by atoms with van der Waals surface area (Å²) in [5.41, 5.74) is 5.98. The molecule has 0 saturated heterocycles. The van der Waals surface area contributed by atoms with Crippen molar-refractivity contribution in [2.75, 3.05) is 5.32 Å². The van der Waals surface area contributed by atoms with Crippen LogP contribution in [0.3, 0.4) is 0 Å². The minimum atomic E-state index is -0.224. The first-order chi connectivity index (χ1) is 14.4. The van der Waals surface area contributed by atoms with E-state index >= 15 is 0 Å². The van der Waals surface area contributed by atoms with E-state index in [-0.39, 0.29) is 17.9 Å². The lowest BCUT2D eigenvalue weighted by atomic mass is 10.1. The van der Waals surface area contributed by atoms with Gasteiger partial charge in [0.25, 0.3) is 11.8 Å². The number of aryl methyl sites for hydroxylation is 1. The molecule has 0 bridgehead atoms. The van der Waals surface area contributed by atoms with Crippen LogP contribution in [-0.2, 0) is 12.8 Å². The molecule has 30 heavy (non-hydrogen) atoms. The summed E-state index contributed by atoms with van der Waals surface area (Å²) < 4.78 is 1.90. The van der Waals surface area contributed by atoms with Gasteiger partial charge in [0.2, 0.25) is 0 Å². The van der Waals surface area contributed by atoms with Crippen molar-refractivity contribution in [1.82, 2.24) is 15.1 Å². The summed E-state index contributed by atoms with van der Waals surface area (Å²) >= 11 is 0. The molecule has 2 amide bonds. The number of nitrogens with one attached hydrogen (secondary N) is 2. The first kappa shape index (κ1) is 19.9. The van der Waals surface area contributed by atoms with E-state index in [4.69, 9.17) is 0 Å². The van der Waals surface area contributed by atoms with Crippen LogP contribution < -0.4 is 10.6 Å². The topological polar surface area (TPSA) is 76.0 Å². The molecule has 0 radical (unpaired) electrons. The standard InChI is InChI=1S/C24H26N4O2/c1-15(2)25-23(29)17-9-11-18(12-10-17)26-24(30)22-20-5-4-6-21(20)28(27-22)19-13-7-16(3)8-14-19/h7-15H,4-6H2,1-3H3,(H,25,29)(H,26,30). The molecular formula is C24H26N4O2. The predicted octanol–water partition coefficient (Wildman–Crippen LogP) is 4.06. The van der Waals surface area contributed by atoms with E-state index in [1.165, 1.54) is 5.56 Å². The molecule has 0 aliphatic heterocycles. The Balaban J connectivity index is 1.55. The monoisotopic (exact) mass is 402 g/mol. The summed E-state index contributed by atoms with van der Waals surface area (Å²) in [5, 5.41) is 10.4. The second-order valence-corrected chi connectivity index (χ2v) is 8.03. The van der Waals surface area contributed by atoms with E-state index < -0.39 is 0 Å². The number of nitrogens with zero attached hydrogens (tertiary/aromatic N) is 2. The minimum absolute atomic E-state index is 0.0719. The van der Waals surface area contributed by atoms with Gasteiger partial charge in [-0.05, 0) is 76.4 Å². The van der Waals surface area contributed by atoms with Crippen molar-refractivity contribution in [2.24, 2.45) is 0 Å². The zero-order chi connectivity index (χ0) is 21.3. The van der Waals surface area contributed by atoms with Crippen molar-refractivity contribution in [3.8, 4) is 5.69 Å². The number of hydrogen-bond donors (Lipinski definition) is 2. The Hall–Kier alpha value is -3.41. The van der Waals surface area contributed by atoms with Crippen LogP contribution in [0.25, 0.3) is 5.69 Å². The molecule has 2 N–H and O–H groups in total. The SMILES string of the molecule is Cc1ccc(-n2nc(C(=O)Nc3ccc(C(=O)NC(C)C)cc3)c3c2CCC3)cc1. The van der Waals surface area contributed by atoms with E-state index in [1.54, 1.807) is 24.3 Å². The highest BCUT2D eigenvalue weighted by atomic mass is 16.2. The van der Waals surface area contributed by atoms with Gasteiger partial charge in [0.15, 0.2) is 5.69 Å². The number of carbonyl (C=O) groups is 2. The third kappa shape index (κ3) is 3.99. The van der Waals surface area contributed by atoms with Crippen LogP contribution >= 0.6 is 0 Å². The fourth-order valence-electron chi connectivity index (χ4n) is 3.76. The fourth-order valence-corrected chi connectivity index (χ4v) is 3.76. The molecule has 0 unspecified atom stereocenters. The highest BCUT2D eigenvalue weighted by Crippen LogP contribution is 2.28. The van der Waals surface area contributed by atoms with E-state index in [0.717, 1.165) is 36.2 Å². The van der Waals surface area contributed by atoms with Crippen LogP contribution in [0.15, 0.2) is 48.5 Å². The normalized spacial score (nSPS) is 12.7. The molecule has 0 spiro atoms. The third-order valence-corrected chi connectivity index (χ3v) is 5.25. The van der Waals surface area contributed by atoms with Gasteiger partial charge in [-0.15, -0.1) is 0 Å². The lowest BCUT2D eigenvalue weighted by Crippen LogP contribution is -2.30. The van der Waals surface area contributed by atoms with Gasteiger partial charge in [-0.2, -0.15) is 5.10 Å². The van der Waals surface area contributed by atoms with Crippen LogP contribution in [0, 0.1) is 6.92 Å². The highest BCUT2D eigenvalue weighted by Gasteiger charge is 2.27. The summed E-state index contributed by atoms with van der Waals surface area (Å²) in [6, 6.07) is 15.1. The Kier molecular flexibility index (Phi) is 5.40. The molecule has 4 rings (SSSR count). The Bertz CT molecular complexity index is 1080. The zero-order valence-electron chi connectivity index (χ0n) is 17.5. The number of fused-ring (bicyclic) bond motifs is 1. The molecule has 1 aromatic heterocycles. The van der Waals surface area contributed by atoms with Gasteiger partial charge in [-0.25, -0.2) is 4.68 Å². The number of rotatable bonds is 5. The summed E-state index contributed by atoms with van der Waals surface area (Å²) in [7, 11) is 0. The molecule has 1 aliphatic carbocycles. The fraction of sp³-hybridized carbons (Fsp3) is 0.292. The Morgan fingerprint density at radius 1 is 0.967 bits per heavy atom. The van der Waals surface area contributed by atoms with Crippen LogP contribution in [0.1, 0.15) is 57.9 Å². The summed E-state index contributed by atoms with van der Waals surface area (Å²) in [4.78, 5) is 25.1. The molecule has 6 nitrogen and oxygen atoms in total. The van der Waals surface area contributed by atoms with Crippen LogP contribution in [-0.4, -0.2) is 27.6 Å². The van der Waals surface area contributed by atoms with E-state index in [0.29, 0.717) is 16.9 Å². The largest absolute Gasteiger partial charge is 0.350 e. The van der Waals surface area contributed by atoms with Crippen LogP contribution in [0.4, 0.5) is 5.69 Å².